The van der Waals surface area contributed by atoms with Gasteiger partial charge < -0.3 is 11.1 Å². The van der Waals surface area contributed by atoms with Crippen LogP contribution in [0.2, 0.25) is 0 Å². The Morgan fingerprint density at radius 2 is 2.11 bits per heavy atom. The highest BCUT2D eigenvalue weighted by Gasteiger charge is 2.04. The van der Waals surface area contributed by atoms with Gasteiger partial charge in [0.2, 0.25) is 0 Å². The summed E-state index contributed by atoms with van der Waals surface area (Å²) >= 11 is 1.76. The molecule has 1 aromatic rings. The van der Waals surface area contributed by atoms with Gasteiger partial charge >= 0.3 is 0 Å². The zero-order valence-electron chi connectivity index (χ0n) is 12.2. The molecule has 1 heterocycles. The van der Waals surface area contributed by atoms with Gasteiger partial charge in [0.1, 0.15) is 0 Å². The van der Waals surface area contributed by atoms with E-state index in [0.717, 1.165) is 36.6 Å². The molecule has 0 spiro atoms. The first kappa shape index (κ1) is 18.6. The molecular formula is C13H25IN4S. The molecule has 0 saturated heterocycles. The molecule has 0 aliphatic rings. The molecule has 0 saturated carbocycles. The van der Waals surface area contributed by atoms with Crippen molar-refractivity contribution in [2.75, 3.05) is 13.1 Å². The predicted molar refractivity (Wildman–Crippen MR) is 94.7 cm³/mol. The van der Waals surface area contributed by atoms with E-state index in [0.29, 0.717) is 11.9 Å². The Bertz CT molecular complexity index is 401. The zero-order valence-corrected chi connectivity index (χ0v) is 15.3. The average molecular weight is 396 g/mol. The van der Waals surface area contributed by atoms with Crippen molar-refractivity contribution in [1.82, 2.24) is 10.3 Å². The Balaban J connectivity index is 0.00000324. The van der Waals surface area contributed by atoms with Crippen LogP contribution in [0.4, 0.5) is 0 Å². The van der Waals surface area contributed by atoms with Crippen molar-refractivity contribution in [1.29, 1.82) is 0 Å². The molecule has 1 aromatic heterocycles. The molecule has 110 valence electrons. The third kappa shape index (κ3) is 7.71. The third-order valence-corrected chi connectivity index (χ3v) is 3.78. The van der Waals surface area contributed by atoms with Crippen LogP contribution in [0.3, 0.4) is 0 Å². The Labute approximate surface area is 137 Å². The van der Waals surface area contributed by atoms with Gasteiger partial charge in [0.05, 0.1) is 10.7 Å². The summed E-state index contributed by atoms with van der Waals surface area (Å²) in [5, 5.41) is 4.27. The van der Waals surface area contributed by atoms with Crippen LogP contribution in [0.5, 0.6) is 0 Å². The zero-order chi connectivity index (χ0) is 13.5. The highest BCUT2D eigenvalue weighted by atomic mass is 127. The first-order valence-electron chi connectivity index (χ1n) is 6.45. The molecule has 6 heteroatoms. The summed E-state index contributed by atoms with van der Waals surface area (Å²) < 4.78 is 0. The maximum absolute atomic E-state index is 5.79. The number of aryl methyl sites for hydroxylation is 2. The lowest BCUT2D eigenvalue weighted by Gasteiger charge is -2.05. The molecule has 0 unspecified atom stereocenters. The van der Waals surface area contributed by atoms with Crippen LogP contribution in [0.1, 0.15) is 35.8 Å². The van der Waals surface area contributed by atoms with Gasteiger partial charge in [-0.3, -0.25) is 4.99 Å². The highest BCUT2D eigenvalue weighted by molar-refractivity contribution is 14.0. The monoisotopic (exact) mass is 396 g/mol. The summed E-state index contributed by atoms with van der Waals surface area (Å²) in [6, 6.07) is 0. The van der Waals surface area contributed by atoms with Crippen LogP contribution in [0.25, 0.3) is 0 Å². The lowest BCUT2D eigenvalue weighted by atomic mass is 10.1. The summed E-state index contributed by atoms with van der Waals surface area (Å²) in [5.41, 5.74) is 6.93. The largest absolute Gasteiger partial charge is 0.370 e. The molecule has 0 atom stereocenters. The summed E-state index contributed by atoms with van der Waals surface area (Å²) in [6.07, 6.45) is 2.03. The van der Waals surface area contributed by atoms with E-state index < -0.39 is 0 Å². The standard InChI is InChI=1S/C13H24N4S.HI/c1-9(2)5-7-15-13(14)16-8-6-12-10(3)17-11(4)18-12;/h9H,5-8H2,1-4H3,(H3,14,15,16);1H. The number of thiazole rings is 1. The number of halogens is 1. The Morgan fingerprint density at radius 3 is 2.63 bits per heavy atom. The lowest BCUT2D eigenvalue weighted by Crippen LogP contribution is -2.33. The van der Waals surface area contributed by atoms with Crippen molar-refractivity contribution >= 4 is 41.3 Å². The molecule has 0 aromatic carbocycles. The van der Waals surface area contributed by atoms with Gasteiger partial charge in [-0.05, 0) is 26.2 Å². The smallest absolute Gasteiger partial charge is 0.188 e. The number of aliphatic imine (C=N–C) groups is 1. The summed E-state index contributed by atoms with van der Waals surface area (Å²) in [7, 11) is 0. The molecular weight excluding hydrogens is 371 g/mol. The number of hydrogen-bond acceptors (Lipinski definition) is 3. The molecule has 0 fully saturated rings. The second kappa shape index (κ2) is 9.52. The summed E-state index contributed by atoms with van der Waals surface area (Å²) in [4.78, 5) is 10.0. The maximum atomic E-state index is 5.79. The van der Waals surface area contributed by atoms with E-state index in [1.54, 1.807) is 11.3 Å². The number of nitrogens with two attached hydrogens (primary N) is 1. The minimum atomic E-state index is 0. The number of rotatable bonds is 6. The first-order valence-corrected chi connectivity index (χ1v) is 7.27. The van der Waals surface area contributed by atoms with E-state index in [1.165, 1.54) is 4.88 Å². The number of hydrogen-bond donors (Lipinski definition) is 2. The van der Waals surface area contributed by atoms with Gasteiger partial charge in [0, 0.05) is 24.4 Å². The van der Waals surface area contributed by atoms with Crippen LogP contribution in [-0.4, -0.2) is 24.0 Å². The minimum absolute atomic E-state index is 0. The van der Waals surface area contributed by atoms with Gasteiger partial charge in [-0.25, -0.2) is 4.98 Å². The number of aromatic nitrogens is 1. The second-order valence-corrected chi connectivity index (χ2v) is 6.16. The van der Waals surface area contributed by atoms with E-state index in [4.69, 9.17) is 5.73 Å². The van der Waals surface area contributed by atoms with Gasteiger partial charge in [0.25, 0.3) is 0 Å². The minimum Gasteiger partial charge on any atom is -0.370 e. The molecule has 0 radical (unpaired) electrons. The van der Waals surface area contributed by atoms with Crippen molar-refractivity contribution in [2.24, 2.45) is 16.6 Å². The summed E-state index contributed by atoms with van der Waals surface area (Å²) in [5.74, 6) is 1.22. The molecule has 0 amide bonds. The van der Waals surface area contributed by atoms with E-state index in [1.807, 2.05) is 6.92 Å². The maximum Gasteiger partial charge on any atom is 0.188 e. The van der Waals surface area contributed by atoms with E-state index >= 15 is 0 Å². The Hall–Kier alpha value is -0.370. The van der Waals surface area contributed by atoms with Crippen molar-refractivity contribution < 1.29 is 0 Å². The van der Waals surface area contributed by atoms with Crippen LogP contribution in [0, 0.1) is 19.8 Å². The predicted octanol–water partition coefficient (Wildman–Crippen LogP) is 2.87. The second-order valence-electron chi connectivity index (χ2n) is 4.87. The van der Waals surface area contributed by atoms with E-state index in [2.05, 4.69) is 36.1 Å². The molecule has 0 bridgehead atoms. The fraction of sp³-hybridized carbons (Fsp3) is 0.692. The SMILES string of the molecule is Cc1nc(C)c(CCNC(N)=NCCC(C)C)s1.I. The van der Waals surface area contributed by atoms with E-state index in [-0.39, 0.29) is 24.0 Å². The summed E-state index contributed by atoms with van der Waals surface area (Å²) in [6.45, 7) is 10.1. The van der Waals surface area contributed by atoms with Crippen molar-refractivity contribution in [2.45, 2.75) is 40.5 Å². The normalized spacial score (nSPS) is 11.5. The average Bonchev–Trinajstić information content (AvgIpc) is 2.57. The highest BCUT2D eigenvalue weighted by Crippen LogP contribution is 2.16. The van der Waals surface area contributed by atoms with Crippen LogP contribution >= 0.6 is 35.3 Å². The quantitative estimate of drug-likeness (QED) is 0.442. The van der Waals surface area contributed by atoms with Gasteiger partial charge in [0.15, 0.2) is 5.96 Å². The number of nitrogens with zero attached hydrogens (tertiary/aromatic N) is 2. The molecule has 0 aliphatic heterocycles. The molecule has 0 aliphatic carbocycles. The fourth-order valence-electron chi connectivity index (χ4n) is 1.61. The van der Waals surface area contributed by atoms with Gasteiger partial charge in [-0.1, -0.05) is 13.8 Å². The number of nitrogens with one attached hydrogen (secondary N) is 1. The lowest BCUT2D eigenvalue weighted by molar-refractivity contribution is 0.595. The van der Waals surface area contributed by atoms with Crippen LogP contribution < -0.4 is 11.1 Å². The molecule has 3 N–H and O–H groups in total. The van der Waals surface area contributed by atoms with Crippen LogP contribution in [0.15, 0.2) is 4.99 Å². The first-order chi connectivity index (χ1) is 8.49. The molecule has 4 nitrogen and oxygen atoms in total. The van der Waals surface area contributed by atoms with E-state index in [9.17, 15) is 0 Å². The molecule has 1 rings (SSSR count). The van der Waals surface area contributed by atoms with Crippen molar-refractivity contribution in [3.63, 3.8) is 0 Å². The number of guanidine groups is 1. The molecule has 19 heavy (non-hydrogen) atoms. The fourth-order valence-corrected chi connectivity index (χ4v) is 2.55. The Kier molecular flexibility index (Phi) is 9.34. The van der Waals surface area contributed by atoms with Gasteiger partial charge in [-0.15, -0.1) is 35.3 Å². The van der Waals surface area contributed by atoms with Crippen molar-refractivity contribution in [3.05, 3.63) is 15.6 Å². The Morgan fingerprint density at radius 1 is 1.42 bits per heavy atom. The van der Waals surface area contributed by atoms with Gasteiger partial charge in [-0.2, -0.15) is 0 Å². The van der Waals surface area contributed by atoms with Crippen LogP contribution in [-0.2, 0) is 6.42 Å². The van der Waals surface area contributed by atoms with Crippen molar-refractivity contribution in [3.8, 4) is 0 Å². The topological polar surface area (TPSA) is 63.3 Å². The third-order valence-electron chi connectivity index (χ3n) is 2.65.